The van der Waals surface area contributed by atoms with E-state index in [4.69, 9.17) is 5.11 Å². The maximum absolute atomic E-state index is 11.3. The van der Waals surface area contributed by atoms with Crippen molar-refractivity contribution in [2.75, 3.05) is 6.54 Å². The molecule has 1 fully saturated rings. The lowest BCUT2D eigenvalue weighted by atomic mass is 9.71. The second-order valence-electron chi connectivity index (χ2n) is 4.69. The highest BCUT2D eigenvalue weighted by Crippen LogP contribution is 2.38. The molecular formula is C13H19NO3. The predicted octanol–water partition coefficient (Wildman–Crippen LogP) is 1.55. The Labute approximate surface area is 102 Å². The first-order chi connectivity index (χ1) is 8.08. The van der Waals surface area contributed by atoms with Gasteiger partial charge in [0.1, 0.15) is 0 Å². The third kappa shape index (κ3) is 4.48. The van der Waals surface area contributed by atoms with Gasteiger partial charge in [-0.05, 0) is 31.1 Å². The van der Waals surface area contributed by atoms with Crippen molar-refractivity contribution in [3.63, 3.8) is 0 Å². The minimum Gasteiger partial charge on any atom is -0.481 e. The average molecular weight is 237 g/mol. The molecule has 4 heteroatoms. The number of hydrogen-bond donors (Lipinski definition) is 2. The van der Waals surface area contributed by atoms with E-state index < -0.39 is 5.97 Å². The Morgan fingerprint density at radius 1 is 1.29 bits per heavy atom. The maximum Gasteiger partial charge on any atom is 0.303 e. The Bertz CT molecular complexity index is 345. The van der Waals surface area contributed by atoms with Crippen LogP contribution >= 0.6 is 0 Å². The molecule has 0 unspecified atom stereocenters. The number of carbonyl (C=O) groups is 2. The Balaban J connectivity index is 2.59. The van der Waals surface area contributed by atoms with E-state index in [1.165, 1.54) is 0 Å². The van der Waals surface area contributed by atoms with E-state index in [1.807, 2.05) is 0 Å². The summed E-state index contributed by atoms with van der Waals surface area (Å²) in [5.74, 6) is 3.83. The minimum atomic E-state index is -0.789. The van der Waals surface area contributed by atoms with Crippen LogP contribution in [0.5, 0.6) is 0 Å². The van der Waals surface area contributed by atoms with Crippen LogP contribution in [0, 0.1) is 17.3 Å². The molecule has 0 aromatic heterocycles. The SMILES string of the molecule is CC#CC(=O)NCC1(CC(=O)O)CCCCC1. The van der Waals surface area contributed by atoms with Gasteiger partial charge in [0.2, 0.25) is 0 Å². The van der Waals surface area contributed by atoms with Gasteiger partial charge in [0, 0.05) is 6.54 Å². The average Bonchev–Trinajstić information content (AvgIpc) is 2.27. The van der Waals surface area contributed by atoms with E-state index in [9.17, 15) is 9.59 Å². The van der Waals surface area contributed by atoms with Crippen LogP contribution in [0.25, 0.3) is 0 Å². The first kappa shape index (κ1) is 13.6. The number of amides is 1. The molecule has 0 bridgehead atoms. The molecule has 0 atom stereocenters. The number of aliphatic carboxylic acids is 1. The van der Waals surface area contributed by atoms with E-state index in [1.54, 1.807) is 6.92 Å². The van der Waals surface area contributed by atoms with Gasteiger partial charge in [0.25, 0.3) is 5.91 Å². The lowest BCUT2D eigenvalue weighted by molar-refractivity contribution is -0.140. The highest BCUT2D eigenvalue weighted by Gasteiger charge is 2.34. The molecule has 0 saturated heterocycles. The van der Waals surface area contributed by atoms with E-state index in [2.05, 4.69) is 17.2 Å². The highest BCUT2D eigenvalue weighted by molar-refractivity contribution is 5.93. The summed E-state index contributed by atoms with van der Waals surface area (Å²) in [6, 6.07) is 0. The molecule has 4 nitrogen and oxygen atoms in total. The monoisotopic (exact) mass is 237 g/mol. The molecule has 0 heterocycles. The molecule has 17 heavy (non-hydrogen) atoms. The quantitative estimate of drug-likeness (QED) is 0.729. The fourth-order valence-corrected chi connectivity index (χ4v) is 2.46. The van der Waals surface area contributed by atoms with Crippen molar-refractivity contribution < 1.29 is 14.7 Å². The predicted molar refractivity (Wildman–Crippen MR) is 64.2 cm³/mol. The lowest BCUT2D eigenvalue weighted by Crippen LogP contribution is -2.40. The normalized spacial score (nSPS) is 17.7. The molecule has 0 aliphatic heterocycles. The number of carboxylic acid groups (broad SMARTS) is 1. The summed E-state index contributed by atoms with van der Waals surface area (Å²) in [6.07, 6.45) is 5.13. The van der Waals surface area contributed by atoms with Crippen molar-refractivity contribution in [3.05, 3.63) is 0 Å². The Morgan fingerprint density at radius 3 is 2.47 bits per heavy atom. The second-order valence-corrected chi connectivity index (χ2v) is 4.69. The minimum absolute atomic E-state index is 0.132. The lowest BCUT2D eigenvalue weighted by Gasteiger charge is -2.35. The first-order valence-corrected chi connectivity index (χ1v) is 6.00. The van der Waals surface area contributed by atoms with Crippen LogP contribution in [0.3, 0.4) is 0 Å². The van der Waals surface area contributed by atoms with Gasteiger partial charge in [-0.2, -0.15) is 0 Å². The summed E-state index contributed by atoms with van der Waals surface area (Å²) in [5.41, 5.74) is -0.269. The molecule has 1 saturated carbocycles. The molecule has 0 spiro atoms. The summed E-state index contributed by atoms with van der Waals surface area (Å²) in [4.78, 5) is 22.2. The smallest absolute Gasteiger partial charge is 0.303 e. The fourth-order valence-electron chi connectivity index (χ4n) is 2.46. The molecule has 94 valence electrons. The van der Waals surface area contributed by atoms with Crippen LogP contribution in [-0.2, 0) is 9.59 Å². The van der Waals surface area contributed by atoms with Gasteiger partial charge in [0.15, 0.2) is 0 Å². The molecule has 1 rings (SSSR count). The van der Waals surface area contributed by atoms with Crippen LogP contribution in [0.2, 0.25) is 0 Å². The molecule has 0 aromatic rings. The van der Waals surface area contributed by atoms with Crippen LogP contribution in [0.1, 0.15) is 45.4 Å². The van der Waals surface area contributed by atoms with Crippen molar-refractivity contribution in [1.82, 2.24) is 5.32 Å². The zero-order valence-corrected chi connectivity index (χ0v) is 10.2. The molecule has 1 amide bonds. The van der Waals surface area contributed by atoms with E-state index in [-0.39, 0.29) is 17.7 Å². The van der Waals surface area contributed by atoms with Crippen LogP contribution < -0.4 is 5.32 Å². The third-order valence-electron chi connectivity index (χ3n) is 3.30. The maximum atomic E-state index is 11.3. The van der Waals surface area contributed by atoms with Gasteiger partial charge in [-0.25, -0.2) is 0 Å². The van der Waals surface area contributed by atoms with Crippen molar-refractivity contribution in [2.45, 2.75) is 45.4 Å². The van der Waals surface area contributed by atoms with Crippen molar-refractivity contribution >= 4 is 11.9 Å². The molecule has 1 aliphatic carbocycles. The summed E-state index contributed by atoms with van der Waals surface area (Å²) < 4.78 is 0. The van der Waals surface area contributed by atoms with Crippen molar-refractivity contribution in [1.29, 1.82) is 0 Å². The standard InChI is InChI=1S/C13H19NO3/c1-2-6-11(15)14-10-13(9-12(16)17)7-4-3-5-8-13/h3-5,7-10H2,1H3,(H,14,15)(H,16,17). The van der Waals surface area contributed by atoms with Gasteiger partial charge >= 0.3 is 5.97 Å². The van der Waals surface area contributed by atoms with Crippen molar-refractivity contribution in [2.24, 2.45) is 5.41 Å². The van der Waals surface area contributed by atoms with Gasteiger partial charge in [-0.3, -0.25) is 9.59 Å². The molecule has 0 aromatic carbocycles. The molecular weight excluding hydrogens is 218 g/mol. The van der Waals surface area contributed by atoms with Crippen LogP contribution in [0.15, 0.2) is 0 Å². The van der Waals surface area contributed by atoms with E-state index in [0.717, 1.165) is 32.1 Å². The summed E-state index contributed by atoms with van der Waals surface area (Å²) in [7, 11) is 0. The number of rotatable bonds is 4. The first-order valence-electron chi connectivity index (χ1n) is 6.00. The number of carbonyl (C=O) groups excluding carboxylic acids is 1. The van der Waals surface area contributed by atoms with Crippen LogP contribution in [-0.4, -0.2) is 23.5 Å². The number of hydrogen-bond acceptors (Lipinski definition) is 2. The summed E-state index contributed by atoms with van der Waals surface area (Å²) >= 11 is 0. The Morgan fingerprint density at radius 2 is 1.94 bits per heavy atom. The zero-order valence-electron chi connectivity index (χ0n) is 10.2. The Kier molecular flexibility index (Phi) is 5.02. The van der Waals surface area contributed by atoms with Crippen LogP contribution in [0.4, 0.5) is 0 Å². The van der Waals surface area contributed by atoms with Gasteiger partial charge in [-0.15, -0.1) is 0 Å². The van der Waals surface area contributed by atoms with Gasteiger partial charge < -0.3 is 10.4 Å². The number of nitrogens with one attached hydrogen (secondary N) is 1. The summed E-state index contributed by atoms with van der Waals surface area (Å²) in [5, 5.41) is 11.7. The topological polar surface area (TPSA) is 66.4 Å². The van der Waals surface area contributed by atoms with Gasteiger partial charge in [-0.1, -0.05) is 25.2 Å². The molecule has 1 aliphatic rings. The van der Waals surface area contributed by atoms with E-state index >= 15 is 0 Å². The van der Waals surface area contributed by atoms with E-state index in [0.29, 0.717) is 6.54 Å². The van der Waals surface area contributed by atoms with Gasteiger partial charge in [0.05, 0.1) is 6.42 Å². The third-order valence-corrected chi connectivity index (χ3v) is 3.30. The molecule has 0 radical (unpaired) electrons. The largest absolute Gasteiger partial charge is 0.481 e. The zero-order chi connectivity index (χ0) is 12.7. The fraction of sp³-hybridized carbons (Fsp3) is 0.692. The molecule has 2 N–H and O–H groups in total. The Hall–Kier alpha value is -1.50. The summed E-state index contributed by atoms with van der Waals surface area (Å²) in [6.45, 7) is 2.03. The number of carboxylic acids is 1. The second kappa shape index (κ2) is 6.29. The highest BCUT2D eigenvalue weighted by atomic mass is 16.4. The van der Waals surface area contributed by atoms with Crippen molar-refractivity contribution in [3.8, 4) is 11.8 Å².